The Hall–Kier alpha value is -2.49. The van der Waals surface area contributed by atoms with Gasteiger partial charge in [0.2, 0.25) is 0 Å². The van der Waals surface area contributed by atoms with Crippen molar-refractivity contribution < 1.29 is 14.0 Å². The number of carbonyl (C=O) groups excluding carboxylic acids is 2. The lowest BCUT2D eigenvalue weighted by Crippen LogP contribution is -2.20. The van der Waals surface area contributed by atoms with Crippen molar-refractivity contribution in [2.24, 2.45) is 0 Å². The lowest BCUT2D eigenvalue weighted by atomic mass is 9.92. The zero-order valence-electron chi connectivity index (χ0n) is 10.9. The Balaban J connectivity index is 2.18. The highest BCUT2D eigenvalue weighted by molar-refractivity contribution is 6.22. The van der Waals surface area contributed by atoms with E-state index in [9.17, 15) is 14.0 Å². The number of halogens is 1. The van der Waals surface area contributed by atoms with Crippen LogP contribution in [-0.4, -0.2) is 11.8 Å². The second kappa shape index (κ2) is 4.56. The van der Waals surface area contributed by atoms with Gasteiger partial charge in [-0.25, -0.2) is 4.39 Å². The number of amides is 2. The summed E-state index contributed by atoms with van der Waals surface area (Å²) in [6, 6.07) is 10.6. The van der Waals surface area contributed by atoms with Crippen molar-refractivity contribution >= 4 is 11.8 Å². The highest BCUT2D eigenvalue weighted by atomic mass is 19.1. The van der Waals surface area contributed by atoms with Crippen LogP contribution in [0.15, 0.2) is 36.4 Å². The van der Waals surface area contributed by atoms with Gasteiger partial charge in [-0.15, -0.1) is 0 Å². The molecular weight excluding hydrogens is 257 g/mol. The molecule has 1 N–H and O–H groups in total. The smallest absolute Gasteiger partial charge is 0.259 e. The van der Waals surface area contributed by atoms with Crippen molar-refractivity contribution in [3.05, 3.63) is 70.0 Å². The van der Waals surface area contributed by atoms with Gasteiger partial charge < -0.3 is 0 Å². The first kappa shape index (κ1) is 12.5. The fourth-order valence-electron chi connectivity index (χ4n) is 2.49. The molecule has 2 amide bonds. The SMILES string of the molecule is Cc1c(F)cc2c(c1Cc1ccccc1)C(=O)NC2=O. The second-order valence-electron chi connectivity index (χ2n) is 4.83. The average Bonchev–Trinajstić information content (AvgIpc) is 2.71. The van der Waals surface area contributed by atoms with Crippen LogP contribution in [-0.2, 0) is 6.42 Å². The second-order valence-corrected chi connectivity index (χ2v) is 4.83. The molecule has 2 aromatic rings. The van der Waals surface area contributed by atoms with E-state index in [4.69, 9.17) is 0 Å². The lowest BCUT2D eigenvalue weighted by Gasteiger charge is -2.11. The Labute approximate surface area is 115 Å². The zero-order chi connectivity index (χ0) is 14.3. The monoisotopic (exact) mass is 269 g/mol. The van der Waals surface area contributed by atoms with Crippen LogP contribution in [0.2, 0.25) is 0 Å². The Morgan fingerprint density at radius 1 is 1.10 bits per heavy atom. The Bertz CT molecular complexity index is 723. The van der Waals surface area contributed by atoms with Gasteiger partial charge in [0.15, 0.2) is 0 Å². The first-order chi connectivity index (χ1) is 9.58. The largest absolute Gasteiger partial charge is 0.288 e. The number of fused-ring (bicyclic) bond motifs is 1. The van der Waals surface area contributed by atoms with Gasteiger partial charge in [0.25, 0.3) is 11.8 Å². The summed E-state index contributed by atoms with van der Waals surface area (Å²) in [5, 5.41) is 2.22. The van der Waals surface area contributed by atoms with Gasteiger partial charge in [-0.1, -0.05) is 30.3 Å². The summed E-state index contributed by atoms with van der Waals surface area (Å²) in [5.74, 6) is -1.43. The summed E-state index contributed by atoms with van der Waals surface area (Å²) in [5.41, 5.74) is 2.39. The highest BCUT2D eigenvalue weighted by Gasteiger charge is 2.31. The highest BCUT2D eigenvalue weighted by Crippen LogP contribution is 2.27. The van der Waals surface area contributed by atoms with E-state index in [1.165, 1.54) is 0 Å². The fourth-order valence-corrected chi connectivity index (χ4v) is 2.49. The van der Waals surface area contributed by atoms with E-state index in [0.717, 1.165) is 11.6 Å². The number of hydrogen-bond acceptors (Lipinski definition) is 2. The van der Waals surface area contributed by atoms with Crippen molar-refractivity contribution in [1.29, 1.82) is 0 Å². The maximum Gasteiger partial charge on any atom is 0.259 e. The third-order valence-corrected chi connectivity index (χ3v) is 3.58. The summed E-state index contributed by atoms with van der Waals surface area (Å²) >= 11 is 0. The molecular formula is C16H12FNO2. The van der Waals surface area contributed by atoms with E-state index in [0.29, 0.717) is 23.1 Å². The van der Waals surface area contributed by atoms with Crippen LogP contribution in [0.4, 0.5) is 4.39 Å². The van der Waals surface area contributed by atoms with E-state index in [1.807, 2.05) is 30.3 Å². The molecule has 0 unspecified atom stereocenters. The van der Waals surface area contributed by atoms with Gasteiger partial charge in [-0.2, -0.15) is 0 Å². The van der Waals surface area contributed by atoms with Gasteiger partial charge in [-0.05, 0) is 36.1 Å². The summed E-state index contributed by atoms with van der Waals surface area (Å²) in [4.78, 5) is 23.5. The Morgan fingerprint density at radius 3 is 2.50 bits per heavy atom. The van der Waals surface area contributed by atoms with E-state index < -0.39 is 17.6 Å². The minimum atomic E-state index is -0.529. The average molecular weight is 269 g/mol. The fraction of sp³-hybridized carbons (Fsp3) is 0.125. The van der Waals surface area contributed by atoms with E-state index in [1.54, 1.807) is 6.92 Å². The molecule has 0 spiro atoms. The summed E-state index contributed by atoms with van der Waals surface area (Å²) in [6.07, 6.45) is 0.424. The molecule has 0 radical (unpaired) electrons. The molecule has 1 aliphatic rings. The van der Waals surface area contributed by atoms with Gasteiger partial charge in [0.05, 0.1) is 11.1 Å². The van der Waals surface area contributed by atoms with Crippen LogP contribution in [0.1, 0.15) is 37.4 Å². The minimum Gasteiger partial charge on any atom is -0.288 e. The van der Waals surface area contributed by atoms with Crippen molar-refractivity contribution in [2.45, 2.75) is 13.3 Å². The number of carbonyl (C=O) groups is 2. The molecule has 100 valence electrons. The Kier molecular flexibility index (Phi) is 2.86. The van der Waals surface area contributed by atoms with E-state index in [2.05, 4.69) is 5.32 Å². The maximum atomic E-state index is 13.9. The van der Waals surface area contributed by atoms with Crippen LogP contribution in [0, 0.1) is 12.7 Å². The van der Waals surface area contributed by atoms with Crippen LogP contribution >= 0.6 is 0 Å². The lowest BCUT2D eigenvalue weighted by molar-refractivity contribution is 0.0879. The molecule has 0 saturated carbocycles. The molecule has 1 heterocycles. The molecule has 0 bridgehead atoms. The van der Waals surface area contributed by atoms with Crippen molar-refractivity contribution in [1.82, 2.24) is 5.32 Å². The predicted molar refractivity (Wildman–Crippen MR) is 72.2 cm³/mol. The third kappa shape index (κ3) is 1.90. The van der Waals surface area contributed by atoms with Crippen molar-refractivity contribution in [3.63, 3.8) is 0 Å². The number of hydrogen-bond donors (Lipinski definition) is 1. The summed E-state index contributed by atoms with van der Waals surface area (Å²) in [7, 11) is 0. The number of nitrogens with one attached hydrogen (secondary N) is 1. The quantitative estimate of drug-likeness (QED) is 0.852. The molecule has 20 heavy (non-hydrogen) atoms. The van der Waals surface area contributed by atoms with Gasteiger partial charge >= 0.3 is 0 Å². The molecule has 0 atom stereocenters. The van der Waals surface area contributed by atoms with Crippen LogP contribution in [0.5, 0.6) is 0 Å². The molecule has 4 heteroatoms. The maximum absolute atomic E-state index is 13.9. The van der Waals surface area contributed by atoms with Crippen molar-refractivity contribution in [2.75, 3.05) is 0 Å². The van der Waals surface area contributed by atoms with Gasteiger partial charge in [0.1, 0.15) is 5.82 Å². The standard InChI is InChI=1S/C16H12FNO2/c1-9-11(7-10-5-3-2-4-6-10)14-12(8-13(9)17)15(19)18-16(14)20/h2-6,8H,7H2,1H3,(H,18,19,20). The number of rotatable bonds is 2. The molecule has 3 nitrogen and oxygen atoms in total. The van der Waals surface area contributed by atoms with E-state index >= 15 is 0 Å². The molecule has 0 aliphatic carbocycles. The first-order valence-corrected chi connectivity index (χ1v) is 6.29. The first-order valence-electron chi connectivity index (χ1n) is 6.29. The van der Waals surface area contributed by atoms with Gasteiger partial charge in [-0.3, -0.25) is 14.9 Å². The van der Waals surface area contributed by atoms with Crippen LogP contribution in [0.3, 0.4) is 0 Å². The summed E-state index contributed by atoms with van der Waals surface area (Å²) in [6.45, 7) is 1.63. The van der Waals surface area contributed by atoms with Crippen LogP contribution in [0.25, 0.3) is 0 Å². The van der Waals surface area contributed by atoms with Gasteiger partial charge in [0, 0.05) is 0 Å². The van der Waals surface area contributed by atoms with Crippen LogP contribution < -0.4 is 5.32 Å². The molecule has 2 aromatic carbocycles. The number of benzene rings is 2. The molecule has 0 saturated heterocycles. The minimum absolute atomic E-state index is 0.129. The topological polar surface area (TPSA) is 46.2 Å². The predicted octanol–water partition coefficient (Wildman–Crippen LogP) is 2.61. The number of imide groups is 1. The molecule has 3 rings (SSSR count). The molecule has 0 fully saturated rings. The van der Waals surface area contributed by atoms with E-state index in [-0.39, 0.29) is 5.56 Å². The summed E-state index contributed by atoms with van der Waals surface area (Å²) < 4.78 is 13.9. The normalized spacial score (nSPS) is 13.3. The Morgan fingerprint density at radius 2 is 1.80 bits per heavy atom. The molecule has 1 aliphatic heterocycles. The van der Waals surface area contributed by atoms with Crippen molar-refractivity contribution in [3.8, 4) is 0 Å². The third-order valence-electron chi connectivity index (χ3n) is 3.58. The molecule has 0 aromatic heterocycles. The zero-order valence-corrected chi connectivity index (χ0v) is 10.9.